The molecule has 0 saturated carbocycles. The average Bonchev–Trinajstić information content (AvgIpc) is 2.92. The molecule has 0 aliphatic heterocycles. The lowest BCUT2D eigenvalue weighted by Gasteiger charge is -2.21. The van der Waals surface area contributed by atoms with Crippen molar-refractivity contribution in [2.75, 3.05) is 14.1 Å². The quantitative estimate of drug-likeness (QED) is 0.484. The van der Waals surface area contributed by atoms with Crippen molar-refractivity contribution in [1.29, 1.82) is 0 Å². The topological polar surface area (TPSA) is 53.7 Å². The highest BCUT2D eigenvalue weighted by Crippen LogP contribution is 2.06. The van der Waals surface area contributed by atoms with Crippen molar-refractivity contribution in [1.82, 2.24) is 15.4 Å². The van der Waals surface area contributed by atoms with E-state index in [4.69, 9.17) is 4.52 Å². The van der Waals surface area contributed by atoms with Crippen molar-refractivity contribution in [3.63, 3.8) is 0 Å². The van der Waals surface area contributed by atoms with Gasteiger partial charge >= 0.3 is 0 Å². The van der Waals surface area contributed by atoms with Gasteiger partial charge in [0.2, 0.25) is 0 Å². The molecular weight excluding hydrogens is 386 g/mol. The van der Waals surface area contributed by atoms with Crippen LogP contribution in [0.2, 0.25) is 0 Å². The Morgan fingerprint density at radius 2 is 2.24 bits per heavy atom. The lowest BCUT2D eigenvalue weighted by molar-refractivity contribution is 0.409. The third-order valence-electron chi connectivity index (χ3n) is 2.80. The summed E-state index contributed by atoms with van der Waals surface area (Å²) in [5.74, 6) is 0.471. The van der Waals surface area contributed by atoms with E-state index in [-0.39, 0.29) is 29.8 Å². The van der Waals surface area contributed by atoms with Crippen LogP contribution in [-0.2, 0) is 13.1 Å². The molecule has 0 unspecified atom stereocenters. The molecule has 0 fully saturated rings. The van der Waals surface area contributed by atoms with E-state index in [1.807, 2.05) is 18.0 Å². The fraction of sp³-hybridized carbons (Fsp3) is 0.286. The van der Waals surface area contributed by atoms with Gasteiger partial charge in [-0.25, -0.2) is 4.39 Å². The molecule has 0 bridgehead atoms. The number of rotatable bonds is 4. The van der Waals surface area contributed by atoms with Crippen molar-refractivity contribution in [2.24, 2.45) is 4.99 Å². The van der Waals surface area contributed by atoms with Crippen LogP contribution in [0, 0.1) is 5.82 Å². The van der Waals surface area contributed by atoms with Gasteiger partial charge < -0.3 is 14.7 Å². The molecule has 0 amide bonds. The highest BCUT2D eigenvalue weighted by Gasteiger charge is 2.07. The lowest BCUT2D eigenvalue weighted by atomic mass is 10.2. The van der Waals surface area contributed by atoms with Crippen molar-refractivity contribution >= 4 is 29.9 Å². The number of aliphatic imine (C=N–C) groups is 1. The largest absolute Gasteiger partial charge is 0.364 e. The molecule has 0 atom stereocenters. The minimum absolute atomic E-state index is 0. The minimum atomic E-state index is -0.235. The molecule has 1 aromatic heterocycles. The van der Waals surface area contributed by atoms with Gasteiger partial charge in [0.15, 0.2) is 5.96 Å². The van der Waals surface area contributed by atoms with Gasteiger partial charge in [-0.15, -0.1) is 24.0 Å². The van der Waals surface area contributed by atoms with Crippen LogP contribution >= 0.6 is 24.0 Å². The van der Waals surface area contributed by atoms with Crippen LogP contribution in [0.15, 0.2) is 46.1 Å². The average molecular weight is 404 g/mol. The van der Waals surface area contributed by atoms with E-state index in [0.717, 1.165) is 11.3 Å². The highest BCUT2D eigenvalue weighted by atomic mass is 127. The van der Waals surface area contributed by atoms with Crippen molar-refractivity contribution in [2.45, 2.75) is 13.1 Å². The molecule has 1 heterocycles. The van der Waals surface area contributed by atoms with E-state index >= 15 is 0 Å². The zero-order valence-corrected chi connectivity index (χ0v) is 14.2. The SMILES string of the molecule is CN=C(NCc1ccon1)N(C)Cc1cccc(F)c1.I. The molecular formula is C14H18FIN4O. The Balaban J connectivity index is 0.00000220. The molecule has 0 radical (unpaired) electrons. The van der Waals surface area contributed by atoms with Crippen LogP contribution < -0.4 is 5.32 Å². The second kappa shape index (κ2) is 8.60. The molecule has 114 valence electrons. The van der Waals surface area contributed by atoms with Crippen molar-refractivity contribution < 1.29 is 8.91 Å². The zero-order chi connectivity index (χ0) is 14.4. The molecule has 1 N–H and O–H groups in total. The maximum Gasteiger partial charge on any atom is 0.194 e. The Labute approximate surface area is 140 Å². The van der Waals surface area contributed by atoms with E-state index in [9.17, 15) is 4.39 Å². The lowest BCUT2D eigenvalue weighted by Crippen LogP contribution is -2.38. The maximum absolute atomic E-state index is 13.2. The van der Waals surface area contributed by atoms with Crippen LogP contribution in [0.3, 0.4) is 0 Å². The fourth-order valence-corrected chi connectivity index (χ4v) is 1.87. The summed E-state index contributed by atoms with van der Waals surface area (Å²) in [5, 5.41) is 6.98. The molecule has 5 nitrogen and oxygen atoms in total. The van der Waals surface area contributed by atoms with Gasteiger partial charge in [-0.05, 0) is 17.7 Å². The number of halogens is 2. The summed E-state index contributed by atoms with van der Waals surface area (Å²) >= 11 is 0. The van der Waals surface area contributed by atoms with Crippen LogP contribution in [0.25, 0.3) is 0 Å². The van der Waals surface area contributed by atoms with Gasteiger partial charge in [0.05, 0.1) is 6.54 Å². The van der Waals surface area contributed by atoms with Crippen molar-refractivity contribution in [3.05, 3.63) is 53.7 Å². The first-order chi connectivity index (χ1) is 9.69. The van der Waals surface area contributed by atoms with E-state index in [0.29, 0.717) is 19.0 Å². The molecule has 7 heteroatoms. The molecule has 0 aliphatic carbocycles. The summed E-state index contributed by atoms with van der Waals surface area (Å²) in [6.45, 7) is 1.09. The second-order valence-corrected chi connectivity index (χ2v) is 4.38. The summed E-state index contributed by atoms with van der Waals surface area (Å²) in [7, 11) is 3.59. The summed E-state index contributed by atoms with van der Waals surface area (Å²) in [5.41, 5.74) is 1.68. The maximum atomic E-state index is 13.2. The number of guanidine groups is 1. The molecule has 0 spiro atoms. The number of benzene rings is 1. The highest BCUT2D eigenvalue weighted by molar-refractivity contribution is 14.0. The van der Waals surface area contributed by atoms with Crippen LogP contribution in [0.4, 0.5) is 4.39 Å². The van der Waals surface area contributed by atoms with Crippen LogP contribution in [-0.4, -0.2) is 30.1 Å². The summed E-state index contributed by atoms with van der Waals surface area (Å²) in [6.07, 6.45) is 1.52. The predicted octanol–water partition coefficient (Wildman–Crippen LogP) is 2.64. The van der Waals surface area contributed by atoms with Gasteiger partial charge in [0.1, 0.15) is 17.8 Å². The molecule has 1 aromatic carbocycles. The normalized spacial score (nSPS) is 10.9. The van der Waals surface area contributed by atoms with E-state index in [1.165, 1.54) is 18.4 Å². The number of hydrogen-bond acceptors (Lipinski definition) is 3. The smallest absolute Gasteiger partial charge is 0.194 e. The number of aromatic nitrogens is 1. The first-order valence-electron chi connectivity index (χ1n) is 6.24. The third kappa shape index (κ3) is 5.33. The Kier molecular flexibility index (Phi) is 7.13. The second-order valence-electron chi connectivity index (χ2n) is 4.38. The van der Waals surface area contributed by atoms with Gasteiger partial charge in [0.25, 0.3) is 0 Å². The summed E-state index contributed by atoms with van der Waals surface area (Å²) in [6, 6.07) is 8.31. The molecule has 2 aromatic rings. The standard InChI is InChI=1S/C14H17FN4O.HI/c1-16-14(17-9-13-6-7-20-18-13)19(2)10-11-4-3-5-12(15)8-11;/h3-8H,9-10H2,1-2H3,(H,16,17);1H. The Morgan fingerprint density at radius 1 is 1.43 bits per heavy atom. The van der Waals surface area contributed by atoms with E-state index in [1.54, 1.807) is 19.2 Å². The Hall–Kier alpha value is -1.64. The first kappa shape index (κ1) is 17.4. The molecule has 2 rings (SSSR count). The molecule has 0 aliphatic rings. The molecule has 21 heavy (non-hydrogen) atoms. The monoisotopic (exact) mass is 404 g/mol. The summed E-state index contributed by atoms with van der Waals surface area (Å²) in [4.78, 5) is 6.10. The first-order valence-corrected chi connectivity index (χ1v) is 6.24. The van der Waals surface area contributed by atoms with Gasteiger partial charge in [-0.3, -0.25) is 4.99 Å². The Morgan fingerprint density at radius 3 is 2.86 bits per heavy atom. The zero-order valence-electron chi connectivity index (χ0n) is 11.9. The molecule has 0 saturated heterocycles. The van der Waals surface area contributed by atoms with E-state index in [2.05, 4.69) is 15.5 Å². The number of nitrogens with one attached hydrogen (secondary N) is 1. The number of nitrogens with zero attached hydrogens (tertiary/aromatic N) is 3. The van der Waals surface area contributed by atoms with Gasteiger partial charge in [0, 0.05) is 26.7 Å². The van der Waals surface area contributed by atoms with Crippen molar-refractivity contribution in [3.8, 4) is 0 Å². The van der Waals surface area contributed by atoms with E-state index < -0.39 is 0 Å². The number of hydrogen-bond donors (Lipinski definition) is 1. The van der Waals surface area contributed by atoms with Crippen LogP contribution in [0.1, 0.15) is 11.3 Å². The Bertz CT molecular complexity index is 574. The summed E-state index contributed by atoms with van der Waals surface area (Å²) < 4.78 is 17.9. The van der Waals surface area contributed by atoms with Crippen LogP contribution in [0.5, 0.6) is 0 Å². The fourth-order valence-electron chi connectivity index (χ4n) is 1.87. The third-order valence-corrected chi connectivity index (χ3v) is 2.80. The van der Waals surface area contributed by atoms with Gasteiger partial charge in [-0.2, -0.15) is 0 Å². The van der Waals surface area contributed by atoms with Gasteiger partial charge in [-0.1, -0.05) is 17.3 Å². The minimum Gasteiger partial charge on any atom is -0.364 e. The predicted molar refractivity (Wildman–Crippen MR) is 90.0 cm³/mol.